The third-order valence-electron chi connectivity index (χ3n) is 5.73. The van der Waals surface area contributed by atoms with Crippen molar-refractivity contribution >= 4 is 23.0 Å². The largest absolute Gasteiger partial charge is 0.489 e. The first-order valence-corrected chi connectivity index (χ1v) is 12.9. The van der Waals surface area contributed by atoms with Crippen LogP contribution in [0, 0.1) is 0 Å². The lowest BCUT2D eigenvalue weighted by atomic mass is 10.0. The highest BCUT2D eigenvalue weighted by Gasteiger charge is 2.30. The second kappa shape index (κ2) is 15.2. The Morgan fingerprint density at radius 2 is 1.62 bits per heavy atom. The van der Waals surface area contributed by atoms with Crippen molar-refractivity contribution in [3.8, 4) is 5.75 Å². The van der Waals surface area contributed by atoms with E-state index in [-0.39, 0.29) is 18.9 Å². The lowest BCUT2D eigenvalue weighted by Gasteiger charge is -2.12. The van der Waals surface area contributed by atoms with Crippen LogP contribution in [0.15, 0.2) is 88.3 Å². The number of likely N-dealkylation sites (N-methyl/N-ethyl adjacent to an activating group) is 1. The number of oxime groups is 3. The molecule has 0 heterocycles. The van der Waals surface area contributed by atoms with Crippen LogP contribution in [0.5, 0.6) is 5.75 Å². The number of rotatable bonds is 13. The van der Waals surface area contributed by atoms with Crippen molar-refractivity contribution in [2.75, 3.05) is 20.8 Å². The molecule has 1 N–H and O–H groups in total. The van der Waals surface area contributed by atoms with Crippen LogP contribution in [0.3, 0.4) is 0 Å². The number of hydrogen-bond acceptors (Lipinski definition) is 8. The predicted octanol–water partition coefficient (Wildman–Crippen LogP) is 5.71. The number of benzene rings is 3. The zero-order chi connectivity index (χ0) is 30.5. The van der Waals surface area contributed by atoms with Gasteiger partial charge in [-0.15, -0.1) is 0 Å². The van der Waals surface area contributed by atoms with E-state index in [9.17, 15) is 18.0 Å². The van der Waals surface area contributed by atoms with Crippen LogP contribution in [-0.2, 0) is 38.7 Å². The average molecular weight is 585 g/mol. The molecule has 0 spiro atoms. The normalized spacial score (nSPS) is 12.5. The van der Waals surface area contributed by atoms with Gasteiger partial charge in [0.2, 0.25) is 0 Å². The molecule has 3 aromatic rings. The molecule has 0 atom stereocenters. The first-order valence-electron chi connectivity index (χ1n) is 12.9. The number of nitrogens with zero attached hydrogens (tertiary/aromatic N) is 3. The number of alkyl halides is 3. The fourth-order valence-corrected chi connectivity index (χ4v) is 3.71. The third kappa shape index (κ3) is 8.82. The minimum atomic E-state index is -4.42. The maximum atomic E-state index is 13.0. The molecule has 0 aliphatic carbocycles. The van der Waals surface area contributed by atoms with Crippen molar-refractivity contribution in [2.24, 2.45) is 15.5 Å². The van der Waals surface area contributed by atoms with Crippen molar-refractivity contribution in [3.05, 3.63) is 101 Å². The highest BCUT2D eigenvalue weighted by molar-refractivity contribution is 6.47. The Kier molecular flexibility index (Phi) is 11.5. The van der Waals surface area contributed by atoms with Gasteiger partial charge in [0.25, 0.3) is 5.91 Å². The molecule has 3 aromatic carbocycles. The number of amides is 1. The van der Waals surface area contributed by atoms with E-state index in [1.165, 1.54) is 20.2 Å². The van der Waals surface area contributed by atoms with Gasteiger partial charge in [-0.25, -0.2) is 0 Å². The van der Waals surface area contributed by atoms with E-state index in [1.807, 2.05) is 0 Å². The van der Waals surface area contributed by atoms with Crippen LogP contribution in [0.2, 0.25) is 0 Å². The van der Waals surface area contributed by atoms with E-state index in [4.69, 9.17) is 19.2 Å². The number of hydrogen-bond donors (Lipinski definition) is 1. The quantitative estimate of drug-likeness (QED) is 0.205. The molecule has 222 valence electrons. The average Bonchev–Trinajstić information content (AvgIpc) is 2.99. The Labute approximate surface area is 241 Å². The summed E-state index contributed by atoms with van der Waals surface area (Å²) in [5.41, 5.74) is 2.39. The van der Waals surface area contributed by atoms with Gasteiger partial charge in [0.15, 0.2) is 5.71 Å². The van der Waals surface area contributed by atoms with Gasteiger partial charge in [-0.2, -0.15) is 13.2 Å². The third-order valence-corrected chi connectivity index (χ3v) is 5.73. The molecule has 9 nitrogen and oxygen atoms in total. The Bertz CT molecular complexity index is 1440. The van der Waals surface area contributed by atoms with Gasteiger partial charge in [-0.05, 0) is 55.8 Å². The number of halogens is 3. The maximum absolute atomic E-state index is 13.0. The van der Waals surface area contributed by atoms with Gasteiger partial charge < -0.3 is 24.6 Å². The summed E-state index contributed by atoms with van der Waals surface area (Å²) in [5, 5.41) is 14.7. The summed E-state index contributed by atoms with van der Waals surface area (Å²) >= 11 is 0. The smallest absolute Gasteiger partial charge is 0.416 e. The zero-order valence-corrected chi connectivity index (χ0v) is 23.6. The highest BCUT2D eigenvalue weighted by Crippen LogP contribution is 2.29. The number of nitrogens with one attached hydrogen (secondary N) is 1. The highest BCUT2D eigenvalue weighted by atomic mass is 19.4. The predicted molar refractivity (Wildman–Crippen MR) is 152 cm³/mol. The first kappa shape index (κ1) is 31.7. The van der Waals surface area contributed by atoms with Gasteiger partial charge in [-0.1, -0.05) is 51.9 Å². The van der Waals surface area contributed by atoms with Crippen LogP contribution in [0.4, 0.5) is 13.2 Å². The molecule has 0 saturated carbocycles. The van der Waals surface area contributed by atoms with Crippen LogP contribution in [-0.4, -0.2) is 43.8 Å². The lowest BCUT2D eigenvalue weighted by molar-refractivity contribution is -0.137. The van der Waals surface area contributed by atoms with E-state index >= 15 is 0 Å². The summed E-state index contributed by atoms with van der Waals surface area (Å²) in [6.07, 6.45) is -4.42. The van der Waals surface area contributed by atoms with Crippen LogP contribution in [0.25, 0.3) is 0 Å². The molecular weight excluding hydrogens is 553 g/mol. The Hall–Kier alpha value is -4.87. The second-order valence-electron chi connectivity index (χ2n) is 8.68. The maximum Gasteiger partial charge on any atom is 0.416 e. The molecule has 0 aliphatic rings. The topological polar surface area (TPSA) is 103 Å². The molecular formula is C30H31F3N4O5. The van der Waals surface area contributed by atoms with E-state index in [0.29, 0.717) is 46.0 Å². The minimum Gasteiger partial charge on any atom is -0.489 e. The number of ether oxygens (including phenoxy) is 1. The summed E-state index contributed by atoms with van der Waals surface area (Å²) in [5.74, 6) is 0.0383. The summed E-state index contributed by atoms with van der Waals surface area (Å²) in [7, 11) is 2.85. The Balaban J connectivity index is 1.73. The molecule has 42 heavy (non-hydrogen) atoms. The molecule has 0 unspecified atom stereocenters. The molecule has 0 aliphatic heterocycles. The number of carbonyl (C=O) groups excluding carboxylic acids is 1. The van der Waals surface area contributed by atoms with Gasteiger partial charge in [0.05, 0.1) is 5.56 Å². The Morgan fingerprint density at radius 1 is 0.881 bits per heavy atom. The summed E-state index contributed by atoms with van der Waals surface area (Å²) in [6.45, 7) is 3.80. The lowest BCUT2D eigenvalue weighted by Crippen LogP contribution is -2.29. The fraction of sp³-hybridized carbons (Fsp3) is 0.267. The fourth-order valence-electron chi connectivity index (χ4n) is 3.71. The molecule has 0 bridgehead atoms. The SMILES string of the molecule is CCO/N=C(/C(C)=N/OCc1ccccc1/C(=N\OC)C(=O)NC)c1ccc(OCc2cccc(C(F)(F)F)c2)cc1. The standard InChI is InChI=1S/C30H31F3N4O5/c1-5-41-37-27(20(2)35-42-19-23-10-6-7-12-26(23)28(36-39-4)29(38)34-3)22-13-15-25(16-14-22)40-18-21-9-8-11-24(17-21)30(31,32)33/h6-17H,5,18-19H2,1-4H3,(H,34,38)/b35-20+,36-28+,37-27-. The second-order valence-corrected chi connectivity index (χ2v) is 8.68. The van der Waals surface area contributed by atoms with Crippen molar-refractivity contribution in [1.82, 2.24) is 5.32 Å². The van der Waals surface area contributed by atoms with Gasteiger partial charge in [0, 0.05) is 23.7 Å². The molecule has 0 saturated heterocycles. The van der Waals surface area contributed by atoms with Gasteiger partial charge in [-0.3, -0.25) is 4.79 Å². The van der Waals surface area contributed by atoms with E-state index in [1.54, 1.807) is 68.4 Å². The van der Waals surface area contributed by atoms with Crippen LogP contribution < -0.4 is 10.1 Å². The molecule has 0 aromatic heterocycles. The molecule has 3 rings (SSSR count). The molecule has 12 heteroatoms. The van der Waals surface area contributed by atoms with Crippen LogP contribution in [0.1, 0.15) is 41.7 Å². The summed E-state index contributed by atoms with van der Waals surface area (Å²) in [6, 6.07) is 18.8. The Morgan fingerprint density at radius 3 is 2.29 bits per heavy atom. The summed E-state index contributed by atoms with van der Waals surface area (Å²) < 4.78 is 44.6. The van der Waals surface area contributed by atoms with Crippen molar-refractivity contribution in [1.29, 1.82) is 0 Å². The monoisotopic (exact) mass is 584 g/mol. The van der Waals surface area contributed by atoms with Crippen molar-refractivity contribution in [2.45, 2.75) is 33.2 Å². The zero-order valence-electron chi connectivity index (χ0n) is 23.6. The van der Waals surface area contributed by atoms with E-state index < -0.39 is 17.6 Å². The van der Waals surface area contributed by atoms with E-state index in [2.05, 4.69) is 20.8 Å². The minimum absolute atomic E-state index is 0.0253. The van der Waals surface area contributed by atoms with Crippen molar-refractivity contribution in [3.63, 3.8) is 0 Å². The molecule has 0 fully saturated rings. The van der Waals surface area contributed by atoms with Crippen LogP contribution >= 0.6 is 0 Å². The van der Waals surface area contributed by atoms with E-state index in [0.717, 1.165) is 12.1 Å². The first-order chi connectivity index (χ1) is 20.2. The van der Waals surface area contributed by atoms with Crippen molar-refractivity contribution < 1.29 is 37.2 Å². The molecule has 0 radical (unpaired) electrons. The van der Waals surface area contributed by atoms with Gasteiger partial charge in [0.1, 0.15) is 44.1 Å². The molecule has 1 amide bonds. The number of carbonyl (C=O) groups is 1. The van der Waals surface area contributed by atoms with Gasteiger partial charge >= 0.3 is 6.18 Å². The summed E-state index contributed by atoms with van der Waals surface area (Å²) in [4.78, 5) is 28.0.